The first-order valence-electron chi connectivity index (χ1n) is 10.1. The summed E-state index contributed by atoms with van der Waals surface area (Å²) >= 11 is 0. The highest BCUT2D eigenvalue weighted by Crippen LogP contribution is 2.14. The van der Waals surface area contributed by atoms with E-state index in [0.29, 0.717) is 49.4 Å². The highest BCUT2D eigenvalue weighted by Gasteiger charge is 2.22. The number of aromatic nitrogens is 6. The third-order valence-corrected chi connectivity index (χ3v) is 5.54. The summed E-state index contributed by atoms with van der Waals surface area (Å²) in [5.74, 6) is 0.212. The standard InChI is InChI=1S/C21H20FN7O2/c22-16-3-1-14(2-4-16)12-29-21(31)27-9-8-17(5-6-18(27)26-29)25-20(30)15-7-10-28-19(11-15)23-13-24-28/h1-4,7,10-11,13,17H,5-6,8-9,12H2,(H,25,30). The van der Waals surface area contributed by atoms with Crippen LogP contribution in [0, 0.1) is 5.82 Å². The Morgan fingerprint density at radius 1 is 1.19 bits per heavy atom. The Balaban J connectivity index is 1.26. The zero-order valence-corrected chi connectivity index (χ0v) is 16.6. The van der Waals surface area contributed by atoms with Crippen LogP contribution in [-0.4, -0.2) is 40.9 Å². The van der Waals surface area contributed by atoms with Crippen LogP contribution < -0.4 is 11.0 Å². The van der Waals surface area contributed by atoms with Crippen molar-refractivity contribution in [1.82, 2.24) is 34.3 Å². The van der Waals surface area contributed by atoms with E-state index in [1.807, 2.05) is 0 Å². The first-order valence-corrected chi connectivity index (χ1v) is 10.1. The van der Waals surface area contributed by atoms with Gasteiger partial charge in [0.2, 0.25) is 0 Å². The predicted molar refractivity (Wildman–Crippen MR) is 109 cm³/mol. The van der Waals surface area contributed by atoms with Crippen molar-refractivity contribution >= 4 is 11.6 Å². The van der Waals surface area contributed by atoms with Crippen LogP contribution in [-0.2, 0) is 19.5 Å². The van der Waals surface area contributed by atoms with Gasteiger partial charge in [0.25, 0.3) is 5.91 Å². The number of hydrogen-bond donors (Lipinski definition) is 1. The van der Waals surface area contributed by atoms with Crippen LogP contribution in [0.3, 0.4) is 0 Å². The minimum atomic E-state index is -0.314. The van der Waals surface area contributed by atoms with Gasteiger partial charge in [0.05, 0.1) is 6.54 Å². The number of aryl methyl sites for hydroxylation is 1. The molecule has 1 N–H and O–H groups in total. The molecule has 0 radical (unpaired) electrons. The van der Waals surface area contributed by atoms with Crippen molar-refractivity contribution in [2.45, 2.75) is 38.4 Å². The molecule has 9 nitrogen and oxygen atoms in total. The van der Waals surface area contributed by atoms with Gasteiger partial charge in [-0.2, -0.15) is 10.2 Å². The lowest BCUT2D eigenvalue weighted by Crippen LogP contribution is -2.36. The van der Waals surface area contributed by atoms with Crippen molar-refractivity contribution in [3.63, 3.8) is 0 Å². The monoisotopic (exact) mass is 421 g/mol. The van der Waals surface area contributed by atoms with Gasteiger partial charge in [-0.1, -0.05) is 12.1 Å². The molecule has 31 heavy (non-hydrogen) atoms. The number of amides is 1. The van der Waals surface area contributed by atoms with Crippen molar-refractivity contribution in [2.75, 3.05) is 0 Å². The van der Waals surface area contributed by atoms with E-state index < -0.39 is 0 Å². The van der Waals surface area contributed by atoms with Crippen molar-refractivity contribution in [3.8, 4) is 0 Å². The lowest BCUT2D eigenvalue weighted by atomic mass is 10.1. The maximum Gasteiger partial charge on any atom is 0.346 e. The van der Waals surface area contributed by atoms with E-state index in [1.54, 1.807) is 39.5 Å². The molecule has 0 bridgehead atoms. The lowest BCUT2D eigenvalue weighted by molar-refractivity contribution is 0.0933. The third kappa shape index (κ3) is 3.83. The smallest absolute Gasteiger partial charge is 0.346 e. The molecule has 1 atom stereocenters. The first-order chi connectivity index (χ1) is 15.1. The van der Waals surface area contributed by atoms with Gasteiger partial charge in [0.1, 0.15) is 18.0 Å². The van der Waals surface area contributed by atoms with Crippen LogP contribution >= 0.6 is 0 Å². The Bertz CT molecular complexity index is 1310. The lowest BCUT2D eigenvalue weighted by Gasteiger charge is -2.16. The number of benzene rings is 1. The molecule has 1 unspecified atom stereocenters. The van der Waals surface area contributed by atoms with E-state index >= 15 is 0 Å². The molecule has 3 aromatic heterocycles. The quantitative estimate of drug-likeness (QED) is 0.537. The summed E-state index contributed by atoms with van der Waals surface area (Å²) in [5.41, 5.74) is 1.74. The molecule has 1 amide bonds. The van der Waals surface area contributed by atoms with E-state index in [-0.39, 0.29) is 23.5 Å². The molecule has 158 valence electrons. The summed E-state index contributed by atoms with van der Waals surface area (Å²) in [7, 11) is 0. The van der Waals surface area contributed by atoms with Gasteiger partial charge >= 0.3 is 5.69 Å². The van der Waals surface area contributed by atoms with Crippen molar-refractivity contribution < 1.29 is 9.18 Å². The number of hydrogen-bond acceptors (Lipinski definition) is 5. The fourth-order valence-electron chi connectivity index (χ4n) is 3.86. The molecule has 1 aromatic carbocycles. The van der Waals surface area contributed by atoms with Crippen LogP contribution in [0.25, 0.3) is 5.65 Å². The largest absolute Gasteiger partial charge is 0.349 e. The van der Waals surface area contributed by atoms with Gasteiger partial charge in [0.15, 0.2) is 5.65 Å². The van der Waals surface area contributed by atoms with E-state index in [4.69, 9.17) is 0 Å². The molecule has 1 aliphatic heterocycles. The fourth-order valence-corrected chi connectivity index (χ4v) is 3.86. The van der Waals surface area contributed by atoms with Crippen LogP contribution in [0.2, 0.25) is 0 Å². The first kappa shape index (κ1) is 19.2. The van der Waals surface area contributed by atoms with E-state index in [2.05, 4.69) is 20.5 Å². The number of nitrogens with zero attached hydrogens (tertiary/aromatic N) is 6. The number of fused-ring (bicyclic) bond motifs is 2. The number of nitrogens with one attached hydrogen (secondary N) is 1. The Morgan fingerprint density at radius 2 is 2.03 bits per heavy atom. The molecular weight excluding hydrogens is 401 g/mol. The van der Waals surface area contributed by atoms with Crippen molar-refractivity contribution in [1.29, 1.82) is 0 Å². The molecule has 0 saturated heterocycles. The Labute approximate surface area is 176 Å². The van der Waals surface area contributed by atoms with Crippen LogP contribution in [0.5, 0.6) is 0 Å². The highest BCUT2D eigenvalue weighted by molar-refractivity contribution is 5.95. The second-order valence-electron chi connectivity index (χ2n) is 7.61. The average molecular weight is 421 g/mol. The molecule has 4 heterocycles. The maximum atomic E-state index is 13.1. The van der Waals surface area contributed by atoms with E-state index in [0.717, 1.165) is 5.56 Å². The maximum absolute atomic E-state index is 13.1. The van der Waals surface area contributed by atoms with Gasteiger partial charge in [-0.05, 0) is 42.7 Å². The Hall–Kier alpha value is -3.82. The number of carbonyl (C=O) groups excluding carboxylic acids is 1. The minimum absolute atomic E-state index is 0.0618. The van der Waals surface area contributed by atoms with Gasteiger partial charge in [-0.3, -0.25) is 9.36 Å². The molecule has 0 fully saturated rings. The molecule has 0 aliphatic carbocycles. The molecule has 4 aromatic rings. The van der Waals surface area contributed by atoms with Gasteiger partial charge < -0.3 is 5.32 Å². The zero-order valence-electron chi connectivity index (χ0n) is 16.6. The Kier molecular flexibility index (Phi) is 4.81. The van der Waals surface area contributed by atoms with Crippen molar-refractivity contribution in [3.05, 3.63) is 82.2 Å². The fraction of sp³-hybridized carbons (Fsp3) is 0.286. The molecule has 0 spiro atoms. The predicted octanol–water partition coefficient (Wildman–Crippen LogP) is 1.41. The van der Waals surface area contributed by atoms with Crippen LogP contribution in [0.15, 0.2) is 53.7 Å². The molecule has 1 aliphatic rings. The Morgan fingerprint density at radius 3 is 2.87 bits per heavy atom. The van der Waals surface area contributed by atoms with Crippen molar-refractivity contribution in [2.24, 2.45) is 0 Å². The number of pyridine rings is 1. The molecule has 0 saturated carbocycles. The van der Waals surface area contributed by atoms with Gasteiger partial charge in [-0.25, -0.2) is 23.4 Å². The van der Waals surface area contributed by atoms with Crippen LogP contribution in [0.1, 0.15) is 34.6 Å². The molecule has 10 heteroatoms. The number of rotatable bonds is 4. The number of carbonyl (C=O) groups is 1. The van der Waals surface area contributed by atoms with Gasteiger partial charge in [-0.15, -0.1) is 0 Å². The minimum Gasteiger partial charge on any atom is -0.349 e. The van der Waals surface area contributed by atoms with E-state index in [1.165, 1.54) is 23.1 Å². The average Bonchev–Trinajstić information content (AvgIpc) is 3.29. The molecule has 5 rings (SSSR count). The summed E-state index contributed by atoms with van der Waals surface area (Å²) in [5, 5.41) is 11.6. The summed E-state index contributed by atoms with van der Waals surface area (Å²) in [6.45, 7) is 0.774. The normalized spacial score (nSPS) is 16.1. The van der Waals surface area contributed by atoms with Crippen LogP contribution in [0.4, 0.5) is 4.39 Å². The van der Waals surface area contributed by atoms with E-state index in [9.17, 15) is 14.0 Å². The zero-order chi connectivity index (χ0) is 21.4. The number of halogens is 1. The topological polar surface area (TPSA) is 99.1 Å². The second kappa shape index (κ2) is 7.78. The summed E-state index contributed by atoms with van der Waals surface area (Å²) < 4.78 is 17.8. The summed E-state index contributed by atoms with van der Waals surface area (Å²) in [6.07, 6.45) is 5.04. The van der Waals surface area contributed by atoms with Gasteiger partial charge in [0, 0.05) is 30.8 Å². The highest BCUT2D eigenvalue weighted by atomic mass is 19.1. The summed E-state index contributed by atoms with van der Waals surface area (Å²) in [4.78, 5) is 29.5. The molecular formula is C21H20FN7O2. The third-order valence-electron chi connectivity index (χ3n) is 5.54. The summed E-state index contributed by atoms with van der Waals surface area (Å²) in [6, 6.07) is 9.37. The SMILES string of the molecule is O=C(NC1CCc2nn(Cc3ccc(F)cc3)c(=O)n2CC1)c1ccn2ncnc2c1. The second-order valence-corrected chi connectivity index (χ2v) is 7.61.